The highest BCUT2D eigenvalue weighted by molar-refractivity contribution is 6.05. The number of hydrogen-bond donors (Lipinski definition) is 3. The fourth-order valence-corrected chi connectivity index (χ4v) is 6.99. The van der Waals surface area contributed by atoms with Gasteiger partial charge >= 0.3 is 36.0 Å². The van der Waals surface area contributed by atoms with Gasteiger partial charge in [0.2, 0.25) is 0 Å². The summed E-state index contributed by atoms with van der Waals surface area (Å²) in [6.07, 6.45) is -5.97. The summed E-state index contributed by atoms with van der Waals surface area (Å²) in [5, 5.41) is 37.5. The zero-order valence-corrected chi connectivity index (χ0v) is 36.5. The molecule has 20 heteroatoms. The van der Waals surface area contributed by atoms with Gasteiger partial charge < -0.3 is 29.2 Å². The molecular formula is C47H48FN7O12. The van der Waals surface area contributed by atoms with E-state index in [1.54, 1.807) is 55.5 Å². The minimum absolute atomic E-state index is 0.0871. The quantitative estimate of drug-likeness (QED) is 0.0344. The Kier molecular flexibility index (Phi) is 17.0. The molecule has 0 aliphatic carbocycles. The number of nitrogens with one attached hydrogen (secondary N) is 1. The van der Waals surface area contributed by atoms with Crippen molar-refractivity contribution in [2.75, 3.05) is 13.2 Å². The fraction of sp³-hybridized carbons (Fsp3) is 0.340. The number of carbonyl (C=O) groups is 6. The van der Waals surface area contributed by atoms with E-state index in [0.29, 0.717) is 40.3 Å². The summed E-state index contributed by atoms with van der Waals surface area (Å²) in [5.74, 6) is -4.22. The third-order valence-corrected chi connectivity index (χ3v) is 10.5. The molecule has 2 unspecified atom stereocenters. The number of ether oxygens (including phenoxy) is 4. The Morgan fingerprint density at radius 1 is 0.746 bits per heavy atom. The van der Waals surface area contributed by atoms with Crippen molar-refractivity contribution in [1.29, 1.82) is 0 Å². The van der Waals surface area contributed by atoms with E-state index in [1.165, 1.54) is 48.5 Å². The molecule has 2 heterocycles. The topological polar surface area (TPSA) is 257 Å². The van der Waals surface area contributed by atoms with Crippen LogP contribution in [-0.4, -0.2) is 101 Å². The smallest absolute Gasteiger partial charge is 0.412 e. The number of aromatic carboxylic acids is 2. The number of aliphatic imine (C=N–C) groups is 1. The number of benzene rings is 4. The lowest BCUT2D eigenvalue weighted by Crippen LogP contribution is -2.56. The van der Waals surface area contributed by atoms with Gasteiger partial charge in [0.05, 0.1) is 53.1 Å². The first-order valence-electron chi connectivity index (χ1n) is 21.5. The van der Waals surface area contributed by atoms with Crippen molar-refractivity contribution < 1.29 is 62.3 Å². The van der Waals surface area contributed by atoms with Crippen LogP contribution in [0.3, 0.4) is 0 Å². The molecule has 6 rings (SSSR count). The van der Waals surface area contributed by atoms with Crippen LogP contribution in [0.4, 0.5) is 36.7 Å². The van der Waals surface area contributed by atoms with Crippen molar-refractivity contribution in [3.63, 3.8) is 0 Å². The molecule has 0 aromatic heterocycles. The molecular weight excluding hydrogens is 874 g/mol. The maximum absolute atomic E-state index is 15.7. The molecule has 0 bridgehead atoms. The number of alkyl carbamates (subject to hydrolysis) is 1. The second-order valence-corrected chi connectivity index (χ2v) is 15.4. The summed E-state index contributed by atoms with van der Waals surface area (Å²) in [5.41, 5.74) is 3.11. The molecule has 4 aromatic rings. The minimum Gasteiger partial charge on any atom is -0.478 e. The number of carboxylic acid groups (broad SMARTS) is 2. The number of nitrogens with zero attached hydrogens (tertiary/aromatic N) is 6. The molecule has 0 radical (unpaired) electrons. The Hall–Kier alpha value is -7.74. The number of rotatable bonds is 19. The van der Waals surface area contributed by atoms with Gasteiger partial charge in [0.15, 0.2) is 30.4 Å². The second kappa shape index (κ2) is 23.4. The van der Waals surface area contributed by atoms with Gasteiger partial charge in [-0.3, -0.25) is 19.8 Å². The largest absolute Gasteiger partial charge is 0.478 e. The number of aryl methyl sites for hydroxylation is 2. The number of hydrogen-bond acceptors (Lipinski definition) is 14. The van der Waals surface area contributed by atoms with Gasteiger partial charge in [-0.1, -0.05) is 56.2 Å². The van der Waals surface area contributed by atoms with E-state index in [-0.39, 0.29) is 43.4 Å². The number of urea groups is 1. The number of amides is 3. The molecule has 2 aliphatic rings. The second-order valence-electron chi connectivity index (χ2n) is 15.4. The molecule has 3 amide bonds. The summed E-state index contributed by atoms with van der Waals surface area (Å²) < 4.78 is 38.7. The van der Waals surface area contributed by atoms with Crippen LogP contribution in [0.1, 0.15) is 77.8 Å². The number of alkyl halides is 1. The van der Waals surface area contributed by atoms with Gasteiger partial charge in [0, 0.05) is 12.8 Å². The first-order valence-corrected chi connectivity index (χ1v) is 21.5. The average Bonchev–Trinajstić information content (AvgIpc) is 3.61. The third-order valence-electron chi connectivity index (χ3n) is 10.5. The third kappa shape index (κ3) is 13.6. The van der Waals surface area contributed by atoms with Gasteiger partial charge in [-0.05, 0) is 98.0 Å². The Labute approximate surface area is 383 Å². The molecule has 0 spiro atoms. The normalized spacial score (nSPS) is 19.3. The lowest BCUT2D eigenvalue weighted by atomic mass is 10.1. The fourth-order valence-electron chi connectivity index (χ4n) is 6.99. The standard InChI is InChI=1S/C47H48FN7O12/c1-3-4-9-26-64-47(63)50-42-35(48)27-55(46(62)49-42)43-41(67-39(57)25-19-30-11-6-8-13-37(30)54-52-34-22-16-32(17-23-34)45(60)61)40(28(2)65-43)66-38(56)24-18-29-10-5-7-12-36(29)53-51-33-20-14-31(15-21-33)44(58)59/h5-8,10-17,20-23,28,35,40-41,43H,3-4,9,18-19,24-27H2,1-2H3,(H,58,59)(H,60,61)(H,49,50,62,63)/b53-51+,54-52+/t28-,35?,40+,41+,43?/m1/s1. The molecule has 2 aliphatic heterocycles. The Bertz CT molecular complexity index is 2520. The highest BCUT2D eigenvalue weighted by Gasteiger charge is 2.52. The number of carboxylic acids is 2. The van der Waals surface area contributed by atoms with Gasteiger partial charge in [-0.2, -0.15) is 25.4 Å². The monoisotopic (exact) mass is 921 g/mol. The molecule has 1 saturated heterocycles. The minimum atomic E-state index is -2.00. The molecule has 0 saturated carbocycles. The van der Waals surface area contributed by atoms with E-state index >= 15 is 4.39 Å². The zero-order valence-electron chi connectivity index (χ0n) is 36.5. The van der Waals surface area contributed by atoms with E-state index in [0.717, 1.165) is 17.7 Å². The van der Waals surface area contributed by atoms with Crippen molar-refractivity contribution in [2.45, 2.75) is 89.5 Å². The number of esters is 2. The van der Waals surface area contributed by atoms with E-state index in [1.807, 2.05) is 6.92 Å². The van der Waals surface area contributed by atoms with E-state index in [2.05, 4.69) is 30.8 Å². The van der Waals surface area contributed by atoms with Crippen LogP contribution in [0.5, 0.6) is 0 Å². The summed E-state index contributed by atoms with van der Waals surface area (Å²) in [6, 6.07) is 24.4. The van der Waals surface area contributed by atoms with Crippen molar-refractivity contribution in [2.24, 2.45) is 25.4 Å². The highest BCUT2D eigenvalue weighted by atomic mass is 19.1. The van der Waals surface area contributed by atoms with Gasteiger partial charge in [-0.15, -0.1) is 0 Å². The van der Waals surface area contributed by atoms with Gasteiger partial charge in [0.1, 0.15) is 0 Å². The first-order chi connectivity index (χ1) is 32.3. The number of halogens is 1. The van der Waals surface area contributed by atoms with Crippen LogP contribution in [0.2, 0.25) is 0 Å². The number of unbranched alkanes of at least 4 members (excludes halogenated alkanes) is 2. The van der Waals surface area contributed by atoms with Crippen LogP contribution in [0.25, 0.3) is 0 Å². The van der Waals surface area contributed by atoms with Crippen LogP contribution in [0.15, 0.2) is 123 Å². The van der Waals surface area contributed by atoms with Crippen LogP contribution >= 0.6 is 0 Å². The van der Waals surface area contributed by atoms with Crippen LogP contribution in [-0.2, 0) is 41.4 Å². The Morgan fingerprint density at radius 3 is 1.76 bits per heavy atom. The maximum atomic E-state index is 15.7. The van der Waals surface area contributed by atoms with Crippen molar-refractivity contribution >= 4 is 64.6 Å². The van der Waals surface area contributed by atoms with E-state index < -0.39 is 79.1 Å². The predicted octanol–water partition coefficient (Wildman–Crippen LogP) is 9.14. The SMILES string of the molecule is CCCCCOC(=O)NC1=NC(=O)N(C2O[C@H](C)[C@H](OC(=O)CCc3ccccc3/N=N/c3ccc(C(=O)O)cc3)[C@@H]2OC(=O)CCc2ccccc2/N=N/c2ccc(C(=O)O)cc2)CC1F. The maximum Gasteiger partial charge on any atom is 0.412 e. The number of carbonyl (C=O) groups excluding carboxylic acids is 4. The molecule has 350 valence electrons. The van der Waals surface area contributed by atoms with Crippen molar-refractivity contribution in [3.05, 3.63) is 119 Å². The summed E-state index contributed by atoms with van der Waals surface area (Å²) in [7, 11) is 0. The molecule has 3 N–H and O–H groups in total. The predicted molar refractivity (Wildman–Crippen MR) is 237 cm³/mol. The van der Waals surface area contributed by atoms with E-state index in [4.69, 9.17) is 18.9 Å². The lowest BCUT2D eigenvalue weighted by Gasteiger charge is -2.34. The van der Waals surface area contributed by atoms with Crippen molar-refractivity contribution in [1.82, 2.24) is 10.2 Å². The van der Waals surface area contributed by atoms with Crippen LogP contribution < -0.4 is 5.32 Å². The molecule has 1 fully saturated rings. The van der Waals surface area contributed by atoms with Crippen LogP contribution in [0, 0.1) is 0 Å². The highest BCUT2D eigenvalue weighted by Crippen LogP contribution is 2.33. The Balaban J connectivity index is 1.16. The summed E-state index contributed by atoms with van der Waals surface area (Å²) >= 11 is 0. The Morgan fingerprint density at radius 2 is 1.25 bits per heavy atom. The van der Waals surface area contributed by atoms with Crippen molar-refractivity contribution in [3.8, 4) is 0 Å². The zero-order chi connectivity index (χ0) is 47.9. The first kappa shape index (κ1) is 48.7. The molecule has 67 heavy (non-hydrogen) atoms. The molecule has 19 nitrogen and oxygen atoms in total. The average molecular weight is 922 g/mol. The number of amidine groups is 1. The van der Waals surface area contributed by atoms with E-state index in [9.17, 15) is 39.0 Å². The lowest BCUT2D eigenvalue weighted by molar-refractivity contribution is -0.169. The van der Waals surface area contributed by atoms with Gasteiger partial charge in [0.25, 0.3) is 0 Å². The summed E-state index contributed by atoms with van der Waals surface area (Å²) in [4.78, 5) is 80.2. The van der Waals surface area contributed by atoms with Gasteiger partial charge in [-0.25, -0.2) is 23.6 Å². The summed E-state index contributed by atoms with van der Waals surface area (Å²) in [6.45, 7) is 2.95. The number of azo groups is 2. The molecule has 5 atom stereocenters. The molecule has 4 aromatic carbocycles.